The summed E-state index contributed by atoms with van der Waals surface area (Å²) in [4.78, 5) is 10.3. The molecule has 3 nitrogen and oxygen atoms in total. The quantitative estimate of drug-likeness (QED) is 0.594. The molecule has 0 bridgehead atoms. The Bertz CT molecular complexity index is 225. The van der Waals surface area contributed by atoms with Crippen LogP contribution in [0.4, 0.5) is 22.0 Å². The van der Waals surface area contributed by atoms with Crippen molar-refractivity contribution in [1.29, 1.82) is 0 Å². The molecule has 0 aliphatic rings. The lowest BCUT2D eigenvalue weighted by Gasteiger charge is -2.23. The molecule has 0 aliphatic heterocycles. The van der Waals surface area contributed by atoms with Crippen LogP contribution in [0.5, 0.6) is 0 Å². The highest BCUT2D eigenvalue weighted by molar-refractivity contribution is 5.66. The number of alkyl halides is 5. The molecule has 0 amide bonds. The van der Waals surface area contributed by atoms with Gasteiger partial charge in [-0.05, 0) is 0 Å². The van der Waals surface area contributed by atoms with Crippen LogP contribution in [0, 0.1) is 0 Å². The molecule has 0 saturated heterocycles. The van der Waals surface area contributed by atoms with Gasteiger partial charge in [0.15, 0.2) is 0 Å². The monoisotopic (exact) mass is 236 g/mol. The van der Waals surface area contributed by atoms with Crippen LogP contribution in [0.25, 0.3) is 0 Å². The Labute approximate surface area is 81.8 Å². The van der Waals surface area contributed by atoms with E-state index in [-0.39, 0.29) is 0 Å². The molecule has 1 atom stereocenters. The topological polar surface area (TPSA) is 46.5 Å². The van der Waals surface area contributed by atoms with Gasteiger partial charge >= 0.3 is 18.1 Å². The molecule has 0 spiro atoms. The van der Waals surface area contributed by atoms with Crippen molar-refractivity contribution in [3.05, 3.63) is 0 Å². The first-order valence-corrected chi connectivity index (χ1v) is 3.83. The molecular weight excluding hydrogens is 227 g/mol. The molecule has 0 heterocycles. The molecular formula is C7H9F5O3. The highest BCUT2D eigenvalue weighted by Gasteiger charge is 2.58. The average Bonchev–Trinajstić information content (AvgIpc) is 1.99. The van der Waals surface area contributed by atoms with E-state index in [0.717, 1.165) is 6.92 Å². The van der Waals surface area contributed by atoms with Crippen LogP contribution in [-0.2, 0) is 9.53 Å². The number of esters is 1. The highest BCUT2D eigenvalue weighted by atomic mass is 19.4. The molecule has 0 saturated carbocycles. The Morgan fingerprint density at radius 3 is 2.07 bits per heavy atom. The van der Waals surface area contributed by atoms with E-state index in [2.05, 4.69) is 4.74 Å². The largest absolute Gasteiger partial charge is 0.460 e. The van der Waals surface area contributed by atoms with Crippen molar-refractivity contribution in [3.8, 4) is 0 Å². The summed E-state index contributed by atoms with van der Waals surface area (Å²) in [6.07, 6.45) is -9.37. The molecule has 8 heteroatoms. The maximum absolute atomic E-state index is 12.4. The number of aliphatic hydroxyl groups excluding tert-OH is 1. The minimum absolute atomic E-state index is 0.842. The van der Waals surface area contributed by atoms with Crippen LogP contribution >= 0.6 is 0 Å². The average molecular weight is 236 g/mol. The van der Waals surface area contributed by atoms with E-state index in [1.54, 1.807) is 0 Å². The number of carbonyl (C=O) groups excluding carboxylic acids is 1. The molecule has 0 radical (unpaired) electrons. The van der Waals surface area contributed by atoms with E-state index in [4.69, 9.17) is 5.11 Å². The summed E-state index contributed by atoms with van der Waals surface area (Å²) in [5, 5.41) is 8.43. The number of ether oxygens (including phenoxy) is 1. The molecule has 1 unspecified atom stereocenters. The van der Waals surface area contributed by atoms with Crippen LogP contribution in [0.2, 0.25) is 0 Å². The van der Waals surface area contributed by atoms with Gasteiger partial charge in [-0.15, -0.1) is 0 Å². The number of aliphatic hydroxyl groups is 1. The molecule has 90 valence electrons. The summed E-state index contributed by atoms with van der Waals surface area (Å²) >= 11 is 0. The zero-order chi connectivity index (χ0) is 12.3. The van der Waals surface area contributed by atoms with Gasteiger partial charge in [-0.2, -0.15) is 22.0 Å². The fraction of sp³-hybridized carbons (Fsp3) is 0.857. The summed E-state index contributed by atoms with van der Waals surface area (Å²) in [5.41, 5.74) is 0. The normalized spacial score (nSPS) is 14.9. The zero-order valence-corrected chi connectivity index (χ0v) is 7.65. The van der Waals surface area contributed by atoms with Gasteiger partial charge in [-0.3, -0.25) is 4.79 Å². The summed E-state index contributed by atoms with van der Waals surface area (Å²) in [7, 11) is 0. The van der Waals surface area contributed by atoms with Gasteiger partial charge in [0.2, 0.25) is 0 Å². The van der Waals surface area contributed by atoms with Crippen molar-refractivity contribution < 1.29 is 36.6 Å². The Morgan fingerprint density at radius 1 is 1.33 bits per heavy atom. The minimum Gasteiger partial charge on any atom is -0.460 e. The van der Waals surface area contributed by atoms with Crippen molar-refractivity contribution in [2.24, 2.45) is 0 Å². The second-order valence-corrected chi connectivity index (χ2v) is 2.82. The SMILES string of the molecule is CC(=O)OC(CO)CC(F)(F)C(F)(F)F. The van der Waals surface area contributed by atoms with E-state index in [1.807, 2.05) is 0 Å². The zero-order valence-electron chi connectivity index (χ0n) is 7.65. The van der Waals surface area contributed by atoms with Crippen molar-refractivity contribution in [2.75, 3.05) is 6.61 Å². The predicted octanol–water partition coefficient (Wildman–Crippen LogP) is 1.50. The molecule has 1 N–H and O–H groups in total. The molecule has 0 rings (SSSR count). The smallest absolute Gasteiger partial charge is 0.453 e. The number of hydrogen-bond donors (Lipinski definition) is 1. The highest BCUT2D eigenvalue weighted by Crippen LogP contribution is 2.39. The minimum atomic E-state index is -5.72. The predicted molar refractivity (Wildman–Crippen MR) is 38.3 cm³/mol. The van der Waals surface area contributed by atoms with Crippen LogP contribution < -0.4 is 0 Å². The van der Waals surface area contributed by atoms with Crippen LogP contribution in [0.3, 0.4) is 0 Å². The summed E-state index contributed by atoms with van der Waals surface area (Å²) in [6, 6.07) is 0. The Kier molecular flexibility index (Phi) is 4.44. The van der Waals surface area contributed by atoms with Gasteiger partial charge in [0, 0.05) is 6.92 Å². The Morgan fingerprint density at radius 2 is 1.80 bits per heavy atom. The van der Waals surface area contributed by atoms with E-state index >= 15 is 0 Å². The lowest BCUT2D eigenvalue weighted by atomic mass is 10.1. The maximum Gasteiger partial charge on any atom is 0.453 e. The maximum atomic E-state index is 12.4. The molecule has 0 aliphatic carbocycles. The van der Waals surface area contributed by atoms with Gasteiger partial charge in [-0.25, -0.2) is 0 Å². The van der Waals surface area contributed by atoms with E-state index in [9.17, 15) is 26.7 Å². The third kappa shape index (κ3) is 4.41. The Balaban J connectivity index is 4.47. The second-order valence-electron chi connectivity index (χ2n) is 2.82. The fourth-order valence-corrected chi connectivity index (χ4v) is 0.780. The summed E-state index contributed by atoms with van der Waals surface area (Å²) in [6.45, 7) is -0.250. The van der Waals surface area contributed by atoms with Crippen molar-refractivity contribution in [3.63, 3.8) is 0 Å². The number of halogens is 5. The van der Waals surface area contributed by atoms with Gasteiger partial charge in [0.1, 0.15) is 6.10 Å². The van der Waals surface area contributed by atoms with Crippen molar-refractivity contribution in [2.45, 2.75) is 31.5 Å². The summed E-state index contributed by atoms with van der Waals surface area (Å²) < 4.78 is 63.9. The molecule has 0 fully saturated rings. The van der Waals surface area contributed by atoms with Gasteiger partial charge in [-0.1, -0.05) is 0 Å². The molecule has 0 aromatic carbocycles. The Hall–Kier alpha value is -0.920. The first-order valence-electron chi connectivity index (χ1n) is 3.83. The van der Waals surface area contributed by atoms with Gasteiger partial charge in [0.25, 0.3) is 0 Å². The van der Waals surface area contributed by atoms with Crippen LogP contribution in [0.15, 0.2) is 0 Å². The molecule has 15 heavy (non-hydrogen) atoms. The third-order valence-electron chi connectivity index (χ3n) is 1.44. The molecule has 0 aromatic heterocycles. The number of hydrogen-bond acceptors (Lipinski definition) is 3. The van der Waals surface area contributed by atoms with E-state index < -0.39 is 37.2 Å². The van der Waals surface area contributed by atoms with Crippen molar-refractivity contribution in [1.82, 2.24) is 0 Å². The second kappa shape index (κ2) is 4.73. The third-order valence-corrected chi connectivity index (χ3v) is 1.44. The first kappa shape index (κ1) is 14.1. The van der Waals surface area contributed by atoms with E-state index in [1.165, 1.54) is 0 Å². The lowest BCUT2D eigenvalue weighted by Crippen LogP contribution is -2.41. The standard InChI is InChI=1S/C7H9F5O3/c1-4(14)15-5(3-13)2-6(8,9)7(10,11)12/h5,13H,2-3H2,1H3. The van der Waals surface area contributed by atoms with Crippen molar-refractivity contribution >= 4 is 5.97 Å². The number of carbonyl (C=O) groups is 1. The number of rotatable bonds is 4. The summed E-state index contributed by atoms with van der Waals surface area (Å²) in [5.74, 6) is -6.03. The van der Waals surface area contributed by atoms with Gasteiger partial charge in [0.05, 0.1) is 13.0 Å². The van der Waals surface area contributed by atoms with Gasteiger partial charge < -0.3 is 9.84 Å². The lowest BCUT2D eigenvalue weighted by molar-refractivity contribution is -0.291. The molecule has 0 aromatic rings. The van der Waals surface area contributed by atoms with Crippen LogP contribution in [-0.4, -0.2) is 35.9 Å². The first-order chi connectivity index (χ1) is 6.60. The fourth-order valence-electron chi connectivity index (χ4n) is 0.780. The van der Waals surface area contributed by atoms with Crippen LogP contribution in [0.1, 0.15) is 13.3 Å². The van der Waals surface area contributed by atoms with E-state index in [0.29, 0.717) is 0 Å².